The summed E-state index contributed by atoms with van der Waals surface area (Å²) in [6, 6.07) is 51.3. The summed E-state index contributed by atoms with van der Waals surface area (Å²) in [6.45, 7) is 4.82. The Kier molecular flexibility index (Phi) is 5.09. The van der Waals surface area contributed by atoms with E-state index in [1.54, 1.807) is 0 Å². The fourth-order valence-electron chi connectivity index (χ4n) is 8.58. The molecule has 3 heterocycles. The van der Waals surface area contributed by atoms with Gasteiger partial charge in [0.15, 0.2) is 0 Å². The third-order valence-corrected chi connectivity index (χ3v) is 11.9. The van der Waals surface area contributed by atoms with Crippen LogP contribution in [0.2, 0.25) is 0 Å². The van der Waals surface area contributed by atoms with Crippen LogP contribution in [0.5, 0.6) is 0 Å². The summed E-state index contributed by atoms with van der Waals surface area (Å²) in [7, 11) is 0. The molecule has 0 atom stereocenters. The first-order valence-electron chi connectivity index (χ1n) is 16.6. The van der Waals surface area contributed by atoms with Crippen molar-refractivity contribution in [1.82, 2.24) is 4.57 Å². The van der Waals surface area contributed by atoms with Gasteiger partial charge in [0.2, 0.25) is 0 Å². The van der Waals surface area contributed by atoms with Crippen LogP contribution in [-0.4, -0.2) is 4.57 Å². The highest BCUT2D eigenvalue weighted by atomic mass is 32.1. The van der Waals surface area contributed by atoms with Gasteiger partial charge in [0.1, 0.15) is 11.2 Å². The Hall–Kier alpha value is -5.64. The summed E-state index contributed by atoms with van der Waals surface area (Å²) in [4.78, 5) is 0. The molecule has 10 aromatic rings. The predicted molar refractivity (Wildman–Crippen MR) is 204 cm³/mol. The third kappa shape index (κ3) is 3.41. The van der Waals surface area contributed by atoms with E-state index >= 15 is 0 Å². The Morgan fingerprint density at radius 2 is 1.21 bits per heavy atom. The third-order valence-electron chi connectivity index (χ3n) is 10.8. The van der Waals surface area contributed by atoms with E-state index in [1.807, 2.05) is 23.5 Å². The lowest BCUT2D eigenvalue weighted by Crippen LogP contribution is -2.15. The van der Waals surface area contributed by atoms with Gasteiger partial charge in [-0.15, -0.1) is 11.3 Å². The van der Waals surface area contributed by atoms with Gasteiger partial charge in [0.05, 0.1) is 11.0 Å². The molecule has 1 aliphatic carbocycles. The number of aromatic nitrogens is 1. The maximum absolute atomic E-state index is 6.12. The fourth-order valence-corrected chi connectivity index (χ4v) is 9.70. The van der Waals surface area contributed by atoms with Crippen molar-refractivity contribution >= 4 is 75.3 Å². The van der Waals surface area contributed by atoms with Gasteiger partial charge >= 0.3 is 0 Å². The number of para-hydroxylation sites is 2. The van der Waals surface area contributed by atoms with Gasteiger partial charge in [0, 0.05) is 52.8 Å². The van der Waals surface area contributed by atoms with Gasteiger partial charge < -0.3 is 8.98 Å². The maximum Gasteiger partial charge on any atom is 0.135 e. The highest BCUT2D eigenvalue weighted by Crippen LogP contribution is 2.54. The second-order valence-electron chi connectivity index (χ2n) is 13.7. The van der Waals surface area contributed by atoms with Crippen molar-refractivity contribution in [3.05, 3.63) is 151 Å². The minimum absolute atomic E-state index is 0.133. The molecule has 226 valence electrons. The van der Waals surface area contributed by atoms with Crippen LogP contribution < -0.4 is 0 Å². The van der Waals surface area contributed by atoms with Crippen molar-refractivity contribution in [2.45, 2.75) is 19.3 Å². The summed E-state index contributed by atoms with van der Waals surface area (Å²) in [5.74, 6) is 0. The second-order valence-corrected chi connectivity index (χ2v) is 14.8. The normalized spacial score (nSPS) is 13.8. The van der Waals surface area contributed by atoms with Crippen molar-refractivity contribution in [1.29, 1.82) is 0 Å². The molecule has 0 radical (unpaired) electrons. The summed E-state index contributed by atoms with van der Waals surface area (Å²) >= 11 is 1.90. The highest BCUT2D eigenvalue weighted by Gasteiger charge is 2.38. The van der Waals surface area contributed by atoms with Gasteiger partial charge in [-0.1, -0.05) is 92.7 Å². The Morgan fingerprint density at radius 1 is 0.521 bits per heavy atom. The van der Waals surface area contributed by atoms with Crippen LogP contribution >= 0.6 is 11.3 Å². The molecule has 0 unspecified atom stereocenters. The van der Waals surface area contributed by atoms with Crippen molar-refractivity contribution in [2.75, 3.05) is 0 Å². The van der Waals surface area contributed by atoms with Crippen LogP contribution in [0.25, 0.3) is 91.9 Å². The molecule has 11 rings (SSSR count). The molecular weight excluding hydrogens is 603 g/mol. The molecule has 0 amide bonds. The minimum atomic E-state index is -0.133. The van der Waals surface area contributed by atoms with E-state index in [0.717, 1.165) is 21.9 Å². The number of benzene rings is 7. The Bertz CT molecular complexity index is 2990. The number of thiophene rings is 1. The Morgan fingerprint density at radius 3 is 2.10 bits per heavy atom. The zero-order valence-electron chi connectivity index (χ0n) is 26.5. The van der Waals surface area contributed by atoms with E-state index in [9.17, 15) is 0 Å². The minimum Gasteiger partial charge on any atom is -0.456 e. The first-order valence-corrected chi connectivity index (χ1v) is 17.4. The standard InChI is InChI=1S/C45H29NOS/c1-45(2)36-25-28(17-18-29(36)32-19-22-42-43(44(32)45)33-11-5-8-14-41(33)48-42)46-37-12-6-3-9-30(37)34-23-26(15-20-38(34)46)27-16-21-40-35(24-27)31-10-4-7-13-39(31)47-40/h3-25H,1-2H3. The largest absolute Gasteiger partial charge is 0.456 e. The SMILES string of the molecule is CC1(C)c2cc(-n3c4ccccc4c4cc(-c5ccc6oc7ccccc7c6c5)ccc43)ccc2-c2ccc3sc4ccccc4c3c21. The summed E-state index contributed by atoms with van der Waals surface area (Å²) in [5.41, 5.74) is 13.3. The van der Waals surface area contributed by atoms with Crippen LogP contribution in [0.4, 0.5) is 0 Å². The molecule has 0 saturated carbocycles. The van der Waals surface area contributed by atoms with Crippen molar-refractivity contribution in [2.24, 2.45) is 0 Å². The van der Waals surface area contributed by atoms with E-state index in [-0.39, 0.29) is 5.41 Å². The van der Waals surface area contributed by atoms with E-state index in [0.29, 0.717) is 0 Å². The lowest BCUT2D eigenvalue weighted by Gasteiger charge is -2.23. The molecule has 7 aromatic carbocycles. The van der Waals surface area contributed by atoms with E-state index in [4.69, 9.17) is 4.42 Å². The lowest BCUT2D eigenvalue weighted by atomic mass is 9.80. The molecule has 0 saturated heterocycles. The second kappa shape index (κ2) is 9.25. The number of furan rings is 1. The van der Waals surface area contributed by atoms with Crippen LogP contribution in [0.15, 0.2) is 144 Å². The smallest absolute Gasteiger partial charge is 0.135 e. The summed E-state index contributed by atoms with van der Waals surface area (Å²) < 4.78 is 11.3. The number of fused-ring (bicyclic) bond motifs is 13. The van der Waals surface area contributed by atoms with Crippen LogP contribution in [0.3, 0.4) is 0 Å². The number of nitrogens with zero attached hydrogens (tertiary/aromatic N) is 1. The Balaban J connectivity index is 1.10. The molecule has 1 aliphatic rings. The average molecular weight is 632 g/mol. The first-order chi connectivity index (χ1) is 23.5. The molecule has 0 fully saturated rings. The molecule has 2 nitrogen and oxygen atoms in total. The van der Waals surface area contributed by atoms with Gasteiger partial charge in [-0.3, -0.25) is 0 Å². The molecule has 3 heteroatoms. The molecule has 0 bridgehead atoms. The molecule has 0 N–H and O–H groups in total. The van der Waals surface area contributed by atoms with Gasteiger partial charge in [-0.25, -0.2) is 0 Å². The summed E-state index contributed by atoms with van der Waals surface area (Å²) in [6.07, 6.45) is 0. The van der Waals surface area contributed by atoms with Crippen LogP contribution in [0.1, 0.15) is 25.0 Å². The van der Waals surface area contributed by atoms with E-state index in [1.165, 1.54) is 81.0 Å². The van der Waals surface area contributed by atoms with Crippen molar-refractivity contribution in [3.8, 4) is 27.9 Å². The monoisotopic (exact) mass is 631 g/mol. The first kappa shape index (κ1) is 26.4. The average Bonchev–Trinajstić information content (AvgIpc) is 3.84. The summed E-state index contributed by atoms with van der Waals surface area (Å²) in [5, 5.41) is 7.62. The molecular formula is C45H29NOS. The Labute approximate surface area is 281 Å². The van der Waals surface area contributed by atoms with E-state index < -0.39 is 0 Å². The zero-order chi connectivity index (χ0) is 31.7. The number of hydrogen-bond acceptors (Lipinski definition) is 2. The van der Waals surface area contributed by atoms with Gasteiger partial charge in [-0.05, 0) is 94.0 Å². The predicted octanol–water partition coefficient (Wildman–Crippen LogP) is 13.0. The fraction of sp³-hybridized carbons (Fsp3) is 0.0667. The molecule has 3 aromatic heterocycles. The topological polar surface area (TPSA) is 18.1 Å². The maximum atomic E-state index is 6.12. The lowest BCUT2D eigenvalue weighted by molar-refractivity contribution is 0.666. The molecule has 48 heavy (non-hydrogen) atoms. The number of rotatable bonds is 2. The zero-order valence-corrected chi connectivity index (χ0v) is 27.4. The van der Waals surface area contributed by atoms with Crippen LogP contribution in [0, 0.1) is 0 Å². The molecule has 0 aliphatic heterocycles. The van der Waals surface area contributed by atoms with Crippen molar-refractivity contribution < 1.29 is 4.42 Å². The molecule has 0 spiro atoms. The number of hydrogen-bond donors (Lipinski definition) is 0. The van der Waals surface area contributed by atoms with Crippen molar-refractivity contribution in [3.63, 3.8) is 0 Å². The van der Waals surface area contributed by atoms with Crippen LogP contribution in [-0.2, 0) is 5.41 Å². The van der Waals surface area contributed by atoms with Gasteiger partial charge in [-0.2, -0.15) is 0 Å². The quantitative estimate of drug-likeness (QED) is 0.186. The highest BCUT2D eigenvalue weighted by molar-refractivity contribution is 7.25. The van der Waals surface area contributed by atoms with E-state index in [2.05, 4.69) is 146 Å². The van der Waals surface area contributed by atoms with Gasteiger partial charge in [0.25, 0.3) is 0 Å².